The minimum absolute atomic E-state index is 0.0289. The molecule has 5 nitrogen and oxygen atoms in total. The van der Waals surface area contributed by atoms with E-state index in [4.69, 9.17) is 0 Å². The third-order valence-corrected chi connectivity index (χ3v) is 2.79. The summed E-state index contributed by atoms with van der Waals surface area (Å²) in [6.45, 7) is 0. The lowest BCUT2D eigenvalue weighted by Gasteiger charge is -2.08. The van der Waals surface area contributed by atoms with Crippen LogP contribution in [0.1, 0.15) is 10.4 Å². The van der Waals surface area contributed by atoms with Gasteiger partial charge in [0, 0.05) is 24.7 Å². The fourth-order valence-electron chi connectivity index (χ4n) is 1.83. The molecule has 2 aromatic rings. The molecular weight excluding hydrogens is 244 g/mol. The summed E-state index contributed by atoms with van der Waals surface area (Å²) in [7, 11) is 1.56. The second-order valence-electron chi connectivity index (χ2n) is 3.93. The average Bonchev–Trinajstić information content (AvgIpc) is 2.46. The van der Waals surface area contributed by atoms with E-state index in [-0.39, 0.29) is 11.6 Å². The Morgan fingerprint density at radius 1 is 1.11 bits per heavy atom. The van der Waals surface area contributed by atoms with Crippen LogP contribution < -0.4 is 5.32 Å². The number of carbonyl (C=O) groups excluding carboxylic acids is 1. The fraction of sp³-hybridized carbons (Fsp3) is 0.0714. The van der Waals surface area contributed by atoms with Gasteiger partial charge in [-0.2, -0.15) is 0 Å². The minimum atomic E-state index is -0.450. The number of nitro benzene ring substituents is 1. The van der Waals surface area contributed by atoms with E-state index in [0.717, 1.165) is 11.1 Å². The van der Waals surface area contributed by atoms with Gasteiger partial charge < -0.3 is 5.32 Å². The number of carbonyl (C=O) groups is 1. The van der Waals surface area contributed by atoms with Crippen molar-refractivity contribution in [2.45, 2.75) is 0 Å². The van der Waals surface area contributed by atoms with Gasteiger partial charge in [0.1, 0.15) is 0 Å². The van der Waals surface area contributed by atoms with Gasteiger partial charge in [-0.1, -0.05) is 18.2 Å². The van der Waals surface area contributed by atoms with Crippen molar-refractivity contribution in [2.75, 3.05) is 7.05 Å². The number of non-ortho nitro benzene ring substituents is 1. The van der Waals surface area contributed by atoms with Gasteiger partial charge in [0.25, 0.3) is 11.6 Å². The lowest BCUT2D eigenvalue weighted by molar-refractivity contribution is -0.384. The maximum atomic E-state index is 11.8. The summed E-state index contributed by atoms with van der Waals surface area (Å²) in [6, 6.07) is 13.3. The number of nitrogens with one attached hydrogen (secondary N) is 1. The number of rotatable bonds is 3. The Hall–Kier alpha value is -2.69. The molecule has 0 aliphatic heterocycles. The average molecular weight is 256 g/mol. The number of hydrogen-bond donors (Lipinski definition) is 1. The number of benzene rings is 2. The highest BCUT2D eigenvalue weighted by atomic mass is 16.6. The number of nitrogens with zero attached hydrogens (tertiary/aromatic N) is 1. The third kappa shape index (κ3) is 2.60. The molecule has 2 aromatic carbocycles. The summed E-state index contributed by atoms with van der Waals surface area (Å²) >= 11 is 0. The number of nitro groups is 1. The summed E-state index contributed by atoms with van der Waals surface area (Å²) in [5.74, 6) is -0.186. The largest absolute Gasteiger partial charge is 0.355 e. The molecule has 0 fully saturated rings. The second-order valence-corrected chi connectivity index (χ2v) is 3.93. The van der Waals surface area contributed by atoms with E-state index in [0.29, 0.717) is 5.56 Å². The molecule has 0 heterocycles. The van der Waals surface area contributed by atoms with E-state index in [9.17, 15) is 14.9 Å². The van der Waals surface area contributed by atoms with E-state index >= 15 is 0 Å². The van der Waals surface area contributed by atoms with E-state index in [2.05, 4.69) is 5.32 Å². The molecule has 0 aliphatic carbocycles. The molecule has 0 atom stereocenters. The van der Waals surface area contributed by atoms with Gasteiger partial charge in [0.2, 0.25) is 0 Å². The highest BCUT2D eigenvalue weighted by Gasteiger charge is 2.12. The number of hydrogen-bond acceptors (Lipinski definition) is 3. The number of amides is 1. The molecule has 96 valence electrons. The van der Waals surface area contributed by atoms with Crippen LogP contribution in [0.5, 0.6) is 0 Å². The van der Waals surface area contributed by atoms with Crippen LogP contribution in [0.15, 0.2) is 48.5 Å². The van der Waals surface area contributed by atoms with Crippen LogP contribution in [0, 0.1) is 10.1 Å². The predicted molar refractivity (Wildman–Crippen MR) is 71.9 cm³/mol. The van der Waals surface area contributed by atoms with Crippen molar-refractivity contribution in [1.82, 2.24) is 5.32 Å². The molecule has 2 rings (SSSR count). The zero-order valence-corrected chi connectivity index (χ0v) is 10.3. The minimum Gasteiger partial charge on any atom is -0.355 e. The van der Waals surface area contributed by atoms with Crippen LogP contribution in [0.3, 0.4) is 0 Å². The lowest BCUT2D eigenvalue weighted by atomic mass is 9.99. The lowest BCUT2D eigenvalue weighted by Crippen LogP contribution is -2.18. The molecule has 0 bridgehead atoms. The maximum Gasteiger partial charge on any atom is 0.269 e. The molecule has 0 aromatic heterocycles. The van der Waals surface area contributed by atoms with Crippen molar-refractivity contribution in [1.29, 1.82) is 0 Å². The summed E-state index contributed by atoms with van der Waals surface area (Å²) < 4.78 is 0. The molecule has 1 N–H and O–H groups in total. The van der Waals surface area contributed by atoms with Crippen molar-refractivity contribution in [3.8, 4) is 11.1 Å². The van der Waals surface area contributed by atoms with Crippen molar-refractivity contribution in [2.24, 2.45) is 0 Å². The normalized spacial score (nSPS) is 9.95. The highest BCUT2D eigenvalue weighted by Crippen LogP contribution is 2.25. The standard InChI is InChI=1S/C14H12N2O3/c1-15-14(17)13-5-3-2-4-12(13)10-6-8-11(9-7-10)16(18)19/h2-9H,1H3,(H,15,17). The Labute approximate surface area is 110 Å². The first-order valence-corrected chi connectivity index (χ1v) is 5.69. The van der Waals surface area contributed by atoms with Crippen molar-refractivity contribution in [3.05, 3.63) is 64.2 Å². The molecule has 0 unspecified atom stereocenters. The maximum absolute atomic E-state index is 11.8. The summed E-state index contributed by atoms with van der Waals surface area (Å²) in [6.07, 6.45) is 0. The third-order valence-electron chi connectivity index (χ3n) is 2.79. The second kappa shape index (κ2) is 5.30. The van der Waals surface area contributed by atoms with Crippen LogP contribution in [-0.4, -0.2) is 17.9 Å². The Kier molecular flexibility index (Phi) is 3.56. The summed E-state index contributed by atoms with van der Waals surface area (Å²) in [5.41, 5.74) is 2.08. The molecule has 0 aliphatic rings. The van der Waals surface area contributed by atoms with Crippen LogP contribution in [-0.2, 0) is 0 Å². The zero-order chi connectivity index (χ0) is 13.8. The first-order chi connectivity index (χ1) is 9.13. The van der Waals surface area contributed by atoms with Gasteiger partial charge in [-0.3, -0.25) is 14.9 Å². The van der Waals surface area contributed by atoms with Gasteiger partial charge in [-0.15, -0.1) is 0 Å². The summed E-state index contributed by atoms with van der Waals surface area (Å²) in [4.78, 5) is 21.9. The molecule has 1 amide bonds. The quantitative estimate of drug-likeness (QED) is 0.677. The SMILES string of the molecule is CNC(=O)c1ccccc1-c1ccc([N+](=O)[O-])cc1. The monoisotopic (exact) mass is 256 g/mol. The van der Waals surface area contributed by atoms with Crippen molar-refractivity contribution in [3.63, 3.8) is 0 Å². The van der Waals surface area contributed by atoms with Crippen LogP contribution in [0.2, 0.25) is 0 Å². The van der Waals surface area contributed by atoms with Gasteiger partial charge in [-0.05, 0) is 29.3 Å². The van der Waals surface area contributed by atoms with Gasteiger partial charge in [0.15, 0.2) is 0 Å². The summed E-state index contributed by atoms with van der Waals surface area (Å²) in [5, 5.41) is 13.2. The van der Waals surface area contributed by atoms with E-state index in [1.807, 2.05) is 12.1 Å². The van der Waals surface area contributed by atoms with Crippen LogP contribution in [0.4, 0.5) is 5.69 Å². The first kappa shape index (κ1) is 12.8. The molecule has 0 saturated heterocycles. The smallest absolute Gasteiger partial charge is 0.269 e. The Morgan fingerprint density at radius 2 is 1.74 bits per heavy atom. The Balaban J connectivity index is 2.47. The molecule has 0 radical (unpaired) electrons. The molecule has 0 saturated carbocycles. The zero-order valence-electron chi connectivity index (χ0n) is 10.3. The molecule has 0 spiro atoms. The predicted octanol–water partition coefficient (Wildman–Crippen LogP) is 2.62. The Morgan fingerprint density at radius 3 is 2.32 bits per heavy atom. The molecule has 5 heteroatoms. The first-order valence-electron chi connectivity index (χ1n) is 5.69. The van der Waals surface area contributed by atoms with Gasteiger partial charge in [0.05, 0.1) is 4.92 Å². The topological polar surface area (TPSA) is 72.2 Å². The van der Waals surface area contributed by atoms with Crippen molar-refractivity contribution < 1.29 is 9.72 Å². The van der Waals surface area contributed by atoms with Crippen LogP contribution >= 0.6 is 0 Å². The fourth-order valence-corrected chi connectivity index (χ4v) is 1.83. The van der Waals surface area contributed by atoms with Crippen molar-refractivity contribution >= 4 is 11.6 Å². The van der Waals surface area contributed by atoms with E-state index < -0.39 is 4.92 Å². The van der Waals surface area contributed by atoms with Gasteiger partial charge >= 0.3 is 0 Å². The van der Waals surface area contributed by atoms with E-state index in [1.165, 1.54) is 12.1 Å². The van der Waals surface area contributed by atoms with Gasteiger partial charge in [-0.25, -0.2) is 0 Å². The Bertz CT molecular complexity index is 621. The molecular formula is C14H12N2O3. The van der Waals surface area contributed by atoms with E-state index in [1.54, 1.807) is 31.3 Å². The highest BCUT2D eigenvalue weighted by molar-refractivity contribution is 6.00. The molecule has 19 heavy (non-hydrogen) atoms. The van der Waals surface area contributed by atoms with Crippen LogP contribution in [0.25, 0.3) is 11.1 Å².